The molecule has 2 atom stereocenters. The molecule has 1 aliphatic heterocycles. The first-order valence-electron chi connectivity index (χ1n) is 9.23. The van der Waals surface area contributed by atoms with Gasteiger partial charge in [0.2, 0.25) is 4.77 Å². The Hall–Kier alpha value is -1.99. The Morgan fingerprint density at radius 1 is 1.35 bits per heavy atom. The van der Waals surface area contributed by atoms with Crippen LogP contribution >= 0.6 is 12.2 Å². The zero-order valence-electron chi connectivity index (χ0n) is 15.7. The molecule has 1 fully saturated rings. The van der Waals surface area contributed by atoms with Crippen LogP contribution in [-0.4, -0.2) is 40.0 Å². The quantitative estimate of drug-likeness (QED) is 0.640. The molecule has 2 heterocycles. The van der Waals surface area contributed by atoms with E-state index in [1.165, 1.54) is 10.5 Å². The number of benzene rings is 1. The molecule has 26 heavy (non-hydrogen) atoms. The summed E-state index contributed by atoms with van der Waals surface area (Å²) in [6, 6.07) is 8.28. The lowest BCUT2D eigenvalue weighted by Crippen LogP contribution is -3.13. The van der Waals surface area contributed by atoms with Crippen LogP contribution in [0.5, 0.6) is 0 Å². The predicted octanol–water partition coefficient (Wildman–Crippen LogP) is 1.84. The number of nitrogens with zero attached hydrogens (tertiary/aromatic N) is 3. The number of ether oxygens (including phenoxy) is 1. The predicted molar refractivity (Wildman–Crippen MR) is 102 cm³/mol. The van der Waals surface area contributed by atoms with Crippen molar-refractivity contribution in [3.8, 4) is 5.69 Å². The van der Waals surface area contributed by atoms with E-state index in [-0.39, 0.29) is 11.9 Å². The van der Waals surface area contributed by atoms with Crippen molar-refractivity contribution in [2.24, 2.45) is 5.92 Å². The molecular formula is C19H27N4O2S+. The lowest BCUT2D eigenvalue weighted by atomic mass is 9.99. The fourth-order valence-electron chi connectivity index (χ4n) is 3.58. The highest BCUT2D eigenvalue weighted by molar-refractivity contribution is 7.71. The summed E-state index contributed by atoms with van der Waals surface area (Å²) in [4.78, 5) is 13.4. The fraction of sp³-hybridized carbons (Fsp3) is 0.526. The van der Waals surface area contributed by atoms with E-state index in [1.54, 1.807) is 0 Å². The molecule has 1 unspecified atom stereocenters. The van der Waals surface area contributed by atoms with Gasteiger partial charge >= 0.3 is 5.97 Å². The van der Waals surface area contributed by atoms with E-state index < -0.39 is 0 Å². The number of quaternary nitrogens is 1. The van der Waals surface area contributed by atoms with Crippen molar-refractivity contribution in [1.29, 1.82) is 0 Å². The molecular weight excluding hydrogens is 348 g/mol. The van der Waals surface area contributed by atoms with Crippen LogP contribution in [0.1, 0.15) is 31.2 Å². The summed E-state index contributed by atoms with van der Waals surface area (Å²) in [5.41, 5.74) is 2.25. The summed E-state index contributed by atoms with van der Waals surface area (Å²) < 4.78 is 9.77. The second-order valence-electron chi connectivity index (χ2n) is 6.95. The van der Waals surface area contributed by atoms with Gasteiger partial charge in [-0.15, -0.1) is 0 Å². The number of rotatable bonds is 5. The van der Waals surface area contributed by atoms with Gasteiger partial charge in [-0.2, -0.15) is 9.78 Å². The zero-order valence-corrected chi connectivity index (χ0v) is 16.5. The summed E-state index contributed by atoms with van der Waals surface area (Å²) in [5.74, 6) is 0.778. The van der Waals surface area contributed by atoms with Gasteiger partial charge < -0.3 is 9.64 Å². The number of likely N-dealkylation sites (tertiary alicyclic amines) is 1. The van der Waals surface area contributed by atoms with Gasteiger partial charge in [0, 0.05) is 5.69 Å². The minimum atomic E-state index is -0.0744. The summed E-state index contributed by atoms with van der Waals surface area (Å²) in [6.45, 7) is 8.80. The van der Waals surface area contributed by atoms with Gasteiger partial charge in [0.05, 0.1) is 19.7 Å². The molecule has 0 bridgehead atoms. The molecule has 0 radical (unpaired) electrons. The first kappa shape index (κ1) is 18.8. The molecule has 140 valence electrons. The van der Waals surface area contributed by atoms with Crippen LogP contribution in [0, 0.1) is 24.5 Å². The van der Waals surface area contributed by atoms with Crippen molar-refractivity contribution >= 4 is 18.2 Å². The van der Waals surface area contributed by atoms with Gasteiger partial charge in [-0.3, -0.25) is 9.36 Å². The Morgan fingerprint density at radius 3 is 2.77 bits per heavy atom. The van der Waals surface area contributed by atoms with Crippen molar-refractivity contribution in [1.82, 2.24) is 14.3 Å². The average molecular weight is 376 g/mol. The Bertz CT molecular complexity index is 825. The topological polar surface area (TPSA) is 53.5 Å². The van der Waals surface area contributed by atoms with Crippen LogP contribution < -0.4 is 4.90 Å². The van der Waals surface area contributed by atoms with E-state index in [0.29, 0.717) is 18.0 Å². The molecule has 3 rings (SSSR count). The normalized spacial score (nSPS) is 20.1. The van der Waals surface area contributed by atoms with Crippen LogP contribution in [0.4, 0.5) is 0 Å². The summed E-state index contributed by atoms with van der Waals surface area (Å²) in [6.07, 6.45) is 1.92. The van der Waals surface area contributed by atoms with Gasteiger partial charge in [-0.05, 0) is 58.0 Å². The average Bonchev–Trinajstić information content (AvgIpc) is 2.90. The molecule has 1 aromatic carbocycles. The Balaban J connectivity index is 1.76. The van der Waals surface area contributed by atoms with Crippen LogP contribution in [0.2, 0.25) is 0 Å². The molecule has 0 saturated carbocycles. The fourth-order valence-corrected chi connectivity index (χ4v) is 3.92. The van der Waals surface area contributed by atoms with Crippen molar-refractivity contribution in [2.45, 2.75) is 40.3 Å². The molecule has 0 spiro atoms. The maximum Gasteiger partial charge on any atom is 0.314 e. The largest absolute Gasteiger partial charge is 0.466 e. The van der Waals surface area contributed by atoms with Crippen LogP contribution in [0.15, 0.2) is 24.3 Å². The molecule has 7 heteroatoms. The summed E-state index contributed by atoms with van der Waals surface area (Å²) >= 11 is 5.68. The number of esters is 1. The van der Waals surface area contributed by atoms with Crippen molar-refractivity contribution in [2.75, 3.05) is 19.7 Å². The SMILES string of the molecule is CCOC(=O)[C@@H]1CCC[NH+](Cn2nc(C)n(-c3ccc(C)cc3)c2=S)C1. The van der Waals surface area contributed by atoms with E-state index in [2.05, 4.69) is 36.3 Å². The Labute approximate surface area is 159 Å². The monoisotopic (exact) mass is 375 g/mol. The maximum absolute atomic E-state index is 12.1. The lowest BCUT2D eigenvalue weighted by Gasteiger charge is -2.28. The number of carbonyl (C=O) groups excluding carboxylic acids is 1. The lowest BCUT2D eigenvalue weighted by molar-refractivity contribution is -0.930. The first-order chi connectivity index (χ1) is 12.5. The van der Waals surface area contributed by atoms with Gasteiger partial charge in [0.1, 0.15) is 11.7 Å². The number of hydrogen-bond acceptors (Lipinski definition) is 4. The molecule has 0 amide bonds. The van der Waals surface area contributed by atoms with Crippen molar-refractivity contribution in [3.05, 3.63) is 40.4 Å². The van der Waals surface area contributed by atoms with E-state index >= 15 is 0 Å². The van der Waals surface area contributed by atoms with Gasteiger partial charge in [-0.25, -0.2) is 0 Å². The molecule has 0 aliphatic carbocycles. The van der Waals surface area contributed by atoms with E-state index in [9.17, 15) is 4.79 Å². The Morgan fingerprint density at radius 2 is 2.08 bits per heavy atom. The van der Waals surface area contributed by atoms with Crippen LogP contribution in [0.25, 0.3) is 5.69 Å². The number of carbonyl (C=O) groups is 1. The third-order valence-electron chi connectivity index (χ3n) is 4.90. The number of piperidine rings is 1. The number of hydrogen-bond donors (Lipinski definition) is 1. The minimum absolute atomic E-state index is 0.0202. The number of aryl methyl sites for hydroxylation is 2. The second kappa shape index (κ2) is 8.14. The zero-order chi connectivity index (χ0) is 18.7. The summed E-state index contributed by atoms with van der Waals surface area (Å²) in [5, 5.41) is 4.65. The molecule has 2 aromatic rings. The van der Waals surface area contributed by atoms with Crippen molar-refractivity contribution in [3.63, 3.8) is 0 Å². The van der Waals surface area contributed by atoms with Gasteiger partial charge in [0.15, 0.2) is 6.67 Å². The third kappa shape index (κ3) is 4.04. The van der Waals surface area contributed by atoms with Crippen LogP contribution in [0.3, 0.4) is 0 Å². The van der Waals surface area contributed by atoms with Gasteiger partial charge in [-0.1, -0.05) is 17.7 Å². The molecule has 1 N–H and O–H groups in total. The highest BCUT2D eigenvalue weighted by Gasteiger charge is 2.30. The molecule has 1 aliphatic rings. The highest BCUT2D eigenvalue weighted by Crippen LogP contribution is 2.13. The maximum atomic E-state index is 12.1. The van der Waals surface area contributed by atoms with Crippen LogP contribution in [-0.2, 0) is 16.2 Å². The standard InChI is InChI=1S/C19H26N4O2S/c1-4-25-18(24)16-6-5-11-21(12-16)13-22-19(26)23(15(3)20-22)17-9-7-14(2)8-10-17/h7-10,16H,4-6,11-13H2,1-3H3/p+1/t16-/m1/s1. The molecule has 1 aromatic heterocycles. The van der Waals surface area contributed by atoms with Crippen molar-refractivity contribution < 1.29 is 14.4 Å². The molecule has 6 nitrogen and oxygen atoms in total. The highest BCUT2D eigenvalue weighted by atomic mass is 32.1. The van der Waals surface area contributed by atoms with E-state index in [1.807, 2.05) is 23.1 Å². The first-order valence-corrected chi connectivity index (χ1v) is 9.64. The van der Waals surface area contributed by atoms with E-state index in [0.717, 1.165) is 37.4 Å². The summed E-state index contributed by atoms with van der Waals surface area (Å²) in [7, 11) is 0. The third-order valence-corrected chi connectivity index (χ3v) is 5.30. The molecule has 1 saturated heterocycles. The number of aromatic nitrogens is 3. The second-order valence-corrected chi connectivity index (χ2v) is 7.32. The Kier molecular flexibility index (Phi) is 5.88. The smallest absolute Gasteiger partial charge is 0.314 e. The number of nitrogens with one attached hydrogen (secondary N) is 1. The van der Waals surface area contributed by atoms with Gasteiger partial charge in [0.25, 0.3) is 0 Å². The van der Waals surface area contributed by atoms with E-state index in [4.69, 9.17) is 17.0 Å². The minimum Gasteiger partial charge on any atom is -0.466 e.